The standard InChI is InChI=1S/C48H38NO2P/c1-33(40-25-15-16-28-44(40)52(38-21-7-3-8-22-38)39-23-9-4-10-24-39)49-32-37-31-36-20-12-14-27-42(36)46(48(37)51)45-41-26-13-11-17-34(41)29-30-43(45)47(50)35-18-5-2-6-19-35/h2-33,47,50-51H,1H3/t33-,47-/m0/s1. The SMILES string of the molecule is C[C@H](N=Cc1cc2ccccc2c(-c2c([C@@H](O)c3ccccc3)ccc3ccccc23)c1O)c1ccccc1P(c1ccccc1)c1ccccc1. The summed E-state index contributed by atoms with van der Waals surface area (Å²) in [5.74, 6) is 0.136. The molecule has 8 aromatic rings. The van der Waals surface area contributed by atoms with E-state index in [9.17, 15) is 10.2 Å². The maximum atomic E-state index is 12.3. The first kappa shape index (κ1) is 33.3. The lowest BCUT2D eigenvalue weighted by Gasteiger charge is -2.24. The number of aliphatic imine (C=N–C) groups is 1. The molecule has 3 nitrogen and oxygen atoms in total. The average molecular weight is 692 g/mol. The first-order valence-corrected chi connectivity index (χ1v) is 18.9. The molecule has 4 heteroatoms. The highest BCUT2D eigenvalue weighted by molar-refractivity contribution is 7.79. The molecule has 52 heavy (non-hydrogen) atoms. The van der Waals surface area contributed by atoms with Crippen molar-refractivity contribution in [3.05, 3.63) is 204 Å². The van der Waals surface area contributed by atoms with Gasteiger partial charge in [0.1, 0.15) is 11.9 Å². The lowest BCUT2D eigenvalue weighted by atomic mass is 9.85. The van der Waals surface area contributed by atoms with Gasteiger partial charge < -0.3 is 10.2 Å². The van der Waals surface area contributed by atoms with Crippen LogP contribution in [0.3, 0.4) is 0 Å². The van der Waals surface area contributed by atoms with Crippen molar-refractivity contribution in [2.24, 2.45) is 4.99 Å². The third-order valence-corrected chi connectivity index (χ3v) is 12.3. The Morgan fingerprint density at radius 2 is 1.08 bits per heavy atom. The number of rotatable bonds is 9. The van der Waals surface area contributed by atoms with Crippen LogP contribution >= 0.6 is 7.92 Å². The van der Waals surface area contributed by atoms with Crippen molar-refractivity contribution >= 4 is 51.6 Å². The Morgan fingerprint density at radius 1 is 0.538 bits per heavy atom. The number of nitrogens with zero attached hydrogens (tertiary/aromatic N) is 1. The van der Waals surface area contributed by atoms with Crippen LogP contribution in [0.5, 0.6) is 5.75 Å². The molecule has 0 unspecified atom stereocenters. The molecular formula is C48H38NO2P. The summed E-state index contributed by atoms with van der Waals surface area (Å²) in [6, 6.07) is 61.9. The normalized spacial score (nSPS) is 12.8. The van der Waals surface area contributed by atoms with E-state index < -0.39 is 14.0 Å². The molecule has 2 N–H and O–H groups in total. The molecule has 0 spiro atoms. The summed E-state index contributed by atoms with van der Waals surface area (Å²) in [5, 5.41) is 31.9. The van der Waals surface area contributed by atoms with E-state index in [0.717, 1.165) is 43.8 Å². The van der Waals surface area contributed by atoms with Gasteiger partial charge >= 0.3 is 0 Å². The Morgan fingerprint density at radius 3 is 1.75 bits per heavy atom. The summed E-state index contributed by atoms with van der Waals surface area (Å²) in [4.78, 5) is 5.14. The molecule has 0 aliphatic heterocycles. The predicted molar refractivity (Wildman–Crippen MR) is 220 cm³/mol. The highest BCUT2D eigenvalue weighted by Crippen LogP contribution is 2.46. The molecule has 0 amide bonds. The second-order valence-corrected chi connectivity index (χ2v) is 15.2. The number of fused-ring (bicyclic) bond motifs is 2. The second kappa shape index (κ2) is 14.8. The van der Waals surface area contributed by atoms with Gasteiger partial charge in [-0.25, -0.2) is 0 Å². The maximum absolute atomic E-state index is 12.3. The van der Waals surface area contributed by atoms with Crippen LogP contribution in [0.25, 0.3) is 32.7 Å². The van der Waals surface area contributed by atoms with Gasteiger partial charge in [-0.3, -0.25) is 4.99 Å². The highest BCUT2D eigenvalue weighted by atomic mass is 31.1. The zero-order valence-corrected chi connectivity index (χ0v) is 29.7. The summed E-state index contributed by atoms with van der Waals surface area (Å²) in [7, 11) is -0.823. The third kappa shape index (κ3) is 6.42. The largest absolute Gasteiger partial charge is 0.507 e. The fraction of sp³-hybridized carbons (Fsp3) is 0.0625. The lowest BCUT2D eigenvalue weighted by molar-refractivity contribution is 0.221. The molecule has 0 fully saturated rings. The fourth-order valence-corrected chi connectivity index (χ4v) is 9.77. The van der Waals surface area contributed by atoms with Gasteiger partial charge in [0, 0.05) is 17.3 Å². The number of aliphatic hydroxyl groups is 1. The number of benzene rings is 8. The Bertz CT molecular complexity index is 2480. The number of hydrogen-bond acceptors (Lipinski definition) is 3. The van der Waals surface area contributed by atoms with Crippen molar-refractivity contribution in [2.45, 2.75) is 19.1 Å². The molecule has 2 atom stereocenters. The number of hydrogen-bond donors (Lipinski definition) is 2. The molecule has 0 saturated heterocycles. The van der Waals surface area contributed by atoms with Crippen molar-refractivity contribution in [1.29, 1.82) is 0 Å². The molecule has 8 aromatic carbocycles. The predicted octanol–water partition coefficient (Wildman–Crippen LogP) is 10.4. The van der Waals surface area contributed by atoms with Crippen LogP contribution < -0.4 is 15.9 Å². The molecule has 0 radical (unpaired) electrons. The topological polar surface area (TPSA) is 52.8 Å². The van der Waals surface area contributed by atoms with Crippen LogP contribution in [0.15, 0.2) is 187 Å². The number of phenolic OH excluding ortho intramolecular Hbond substituents is 1. The van der Waals surface area contributed by atoms with Crippen molar-refractivity contribution in [2.75, 3.05) is 0 Å². The van der Waals surface area contributed by atoms with Gasteiger partial charge in [-0.1, -0.05) is 176 Å². The zero-order chi connectivity index (χ0) is 35.4. The van der Waals surface area contributed by atoms with Gasteiger partial charge in [0.25, 0.3) is 0 Å². The van der Waals surface area contributed by atoms with Gasteiger partial charge in [0.15, 0.2) is 0 Å². The van der Waals surface area contributed by atoms with E-state index in [-0.39, 0.29) is 11.8 Å². The van der Waals surface area contributed by atoms with E-state index in [1.54, 1.807) is 0 Å². The van der Waals surface area contributed by atoms with Crippen molar-refractivity contribution in [1.82, 2.24) is 0 Å². The molecule has 0 aliphatic carbocycles. The van der Waals surface area contributed by atoms with E-state index >= 15 is 0 Å². The molecule has 0 bridgehead atoms. The Kier molecular flexibility index (Phi) is 9.46. The van der Waals surface area contributed by atoms with Crippen LogP contribution in [-0.2, 0) is 0 Å². The van der Waals surface area contributed by atoms with Gasteiger partial charge in [-0.05, 0) is 80.6 Å². The molecule has 8 rings (SSSR count). The molecule has 0 aliphatic rings. The van der Waals surface area contributed by atoms with Crippen molar-refractivity contribution in [3.8, 4) is 16.9 Å². The third-order valence-electron chi connectivity index (χ3n) is 9.77. The minimum Gasteiger partial charge on any atom is -0.507 e. The van der Waals surface area contributed by atoms with E-state index in [1.807, 2.05) is 85.1 Å². The number of aromatic hydroxyl groups is 1. The van der Waals surface area contributed by atoms with E-state index in [2.05, 4.69) is 110 Å². The van der Waals surface area contributed by atoms with Gasteiger partial charge in [-0.2, -0.15) is 0 Å². The quantitative estimate of drug-likeness (QED) is 0.117. The zero-order valence-electron chi connectivity index (χ0n) is 28.8. The number of aliphatic hydroxyl groups excluding tert-OH is 1. The van der Waals surface area contributed by atoms with Crippen LogP contribution in [0.4, 0.5) is 0 Å². The summed E-state index contributed by atoms with van der Waals surface area (Å²) >= 11 is 0. The minimum atomic E-state index is -0.892. The van der Waals surface area contributed by atoms with Gasteiger partial charge in [0.05, 0.1) is 6.04 Å². The highest BCUT2D eigenvalue weighted by Gasteiger charge is 2.24. The fourth-order valence-electron chi connectivity index (χ4n) is 7.22. The molecule has 0 heterocycles. The minimum absolute atomic E-state index is 0.136. The van der Waals surface area contributed by atoms with E-state index in [4.69, 9.17) is 4.99 Å². The van der Waals surface area contributed by atoms with Crippen molar-refractivity contribution < 1.29 is 10.2 Å². The Labute approximate surface area is 306 Å². The maximum Gasteiger partial charge on any atom is 0.132 e. The smallest absolute Gasteiger partial charge is 0.132 e. The second-order valence-electron chi connectivity index (χ2n) is 13.0. The monoisotopic (exact) mass is 691 g/mol. The first-order valence-electron chi connectivity index (χ1n) is 17.6. The molecule has 0 saturated carbocycles. The summed E-state index contributed by atoms with van der Waals surface area (Å²) in [6.07, 6.45) is 0.926. The van der Waals surface area contributed by atoms with Crippen LogP contribution in [0.1, 0.15) is 41.3 Å². The molecule has 0 aromatic heterocycles. The Hall–Kier alpha value is -5.86. The van der Waals surface area contributed by atoms with Crippen LogP contribution in [0.2, 0.25) is 0 Å². The van der Waals surface area contributed by atoms with Crippen LogP contribution in [-0.4, -0.2) is 16.4 Å². The van der Waals surface area contributed by atoms with E-state index in [0.29, 0.717) is 11.1 Å². The summed E-state index contributed by atoms with van der Waals surface area (Å²) in [5.41, 5.74) is 4.80. The van der Waals surface area contributed by atoms with Gasteiger partial charge in [-0.15, -0.1) is 0 Å². The number of phenols is 1. The Balaban J connectivity index is 1.27. The van der Waals surface area contributed by atoms with E-state index in [1.165, 1.54) is 15.9 Å². The average Bonchev–Trinajstić information content (AvgIpc) is 3.21. The van der Waals surface area contributed by atoms with Gasteiger partial charge in [0.2, 0.25) is 0 Å². The summed E-state index contributed by atoms with van der Waals surface area (Å²) < 4.78 is 0. The molecular weight excluding hydrogens is 654 g/mol. The first-order chi connectivity index (χ1) is 25.6. The summed E-state index contributed by atoms with van der Waals surface area (Å²) in [6.45, 7) is 2.12. The van der Waals surface area contributed by atoms with Crippen molar-refractivity contribution in [3.63, 3.8) is 0 Å². The van der Waals surface area contributed by atoms with Crippen LogP contribution in [0, 0.1) is 0 Å². The molecule has 252 valence electrons. The lowest BCUT2D eigenvalue weighted by Crippen LogP contribution is -2.23.